The van der Waals surface area contributed by atoms with E-state index in [1.807, 2.05) is 18.2 Å². The molecule has 186 valence electrons. The number of hydrogen-bond acceptors (Lipinski definition) is 5. The third-order valence-electron chi connectivity index (χ3n) is 7.67. The molecule has 8 nitrogen and oxygen atoms in total. The van der Waals surface area contributed by atoms with Gasteiger partial charge in [0.15, 0.2) is 6.10 Å². The summed E-state index contributed by atoms with van der Waals surface area (Å²) in [5.41, 5.74) is 0.503. The number of amides is 3. The van der Waals surface area contributed by atoms with Crippen molar-refractivity contribution in [3.05, 3.63) is 65.5 Å². The predicted molar refractivity (Wildman–Crippen MR) is 128 cm³/mol. The van der Waals surface area contributed by atoms with E-state index in [0.29, 0.717) is 12.1 Å². The number of hydrogen-bond donors (Lipinski definition) is 2. The van der Waals surface area contributed by atoms with Gasteiger partial charge >= 0.3 is 0 Å². The van der Waals surface area contributed by atoms with Crippen LogP contribution in [-0.4, -0.2) is 58.3 Å². The molecule has 0 aromatic heterocycles. The molecule has 0 radical (unpaired) electrons. The monoisotopic (exact) mass is 490 g/mol. The third kappa shape index (κ3) is 4.01. The molecule has 2 fully saturated rings. The van der Waals surface area contributed by atoms with Gasteiger partial charge in [0.25, 0.3) is 5.91 Å². The number of nitrogens with one attached hydrogen (secondary N) is 1. The van der Waals surface area contributed by atoms with E-state index in [1.54, 1.807) is 6.07 Å². The number of carbonyl (C=O) groups excluding carboxylic acids is 3. The Hall–Kier alpha value is -3.77. The summed E-state index contributed by atoms with van der Waals surface area (Å²) in [5, 5.41) is 23.4. The topological polar surface area (TPSA) is 114 Å². The molecule has 4 atom stereocenters. The fourth-order valence-corrected chi connectivity index (χ4v) is 5.44. The van der Waals surface area contributed by atoms with Crippen LogP contribution >= 0.6 is 0 Å². The van der Waals surface area contributed by atoms with Crippen LogP contribution in [0.5, 0.6) is 0 Å². The second-order valence-corrected chi connectivity index (χ2v) is 10.00. The fourth-order valence-electron chi connectivity index (χ4n) is 5.44. The highest BCUT2D eigenvalue weighted by Crippen LogP contribution is 2.47. The lowest BCUT2D eigenvalue weighted by Crippen LogP contribution is -2.52. The molecule has 2 aliphatic heterocycles. The van der Waals surface area contributed by atoms with Gasteiger partial charge in [0, 0.05) is 25.7 Å². The lowest BCUT2D eigenvalue weighted by atomic mass is 9.80. The van der Waals surface area contributed by atoms with Crippen LogP contribution in [0.4, 0.5) is 10.1 Å². The van der Waals surface area contributed by atoms with Gasteiger partial charge < -0.3 is 20.2 Å². The number of halogens is 1. The molecule has 2 heterocycles. The van der Waals surface area contributed by atoms with Crippen LogP contribution in [0.1, 0.15) is 42.9 Å². The summed E-state index contributed by atoms with van der Waals surface area (Å²) in [6, 6.07) is 12.8. The maximum atomic E-state index is 13.9. The molecule has 2 aromatic carbocycles. The first-order valence-electron chi connectivity index (χ1n) is 12.1. The Morgan fingerprint density at radius 2 is 2.03 bits per heavy atom. The van der Waals surface area contributed by atoms with Gasteiger partial charge in [0.05, 0.1) is 11.5 Å². The maximum Gasteiger partial charge on any atom is 0.256 e. The molecule has 2 N–H and O–H groups in total. The van der Waals surface area contributed by atoms with Gasteiger partial charge in [-0.15, -0.1) is 0 Å². The molecular formula is C27H27FN4O4. The van der Waals surface area contributed by atoms with E-state index >= 15 is 0 Å². The Bertz CT molecular complexity index is 1270. The van der Waals surface area contributed by atoms with E-state index in [1.165, 1.54) is 35.0 Å². The van der Waals surface area contributed by atoms with Crippen LogP contribution in [0.25, 0.3) is 0 Å². The van der Waals surface area contributed by atoms with Gasteiger partial charge in [0.2, 0.25) is 11.8 Å². The first-order valence-corrected chi connectivity index (χ1v) is 12.1. The molecule has 0 bridgehead atoms. The van der Waals surface area contributed by atoms with Crippen LogP contribution in [0, 0.1) is 23.1 Å². The van der Waals surface area contributed by atoms with E-state index in [4.69, 9.17) is 0 Å². The summed E-state index contributed by atoms with van der Waals surface area (Å²) in [4.78, 5) is 42.8. The standard InChI is InChI=1S/C27H27FN4O4/c1-31(25(35)23(33)17-5-4-6-18(28)12-17)22(11-16-9-10-16)24(34)32-15-27(13-19(32)14-29)20-7-2-3-8-21(20)30-26(27)36/h2-8,12,16,19,22-23,33H,9-11,13,15H2,1H3,(H,30,36)/t19-,22-,23+,27-/m0/s1. The van der Waals surface area contributed by atoms with Gasteiger partial charge in [-0.25, -0.2) is 4.39 Å². The molecule has 3 amide bonds. The Kier molecular flexibility index (Phi) is 6.00. The smallest absolute Gasteiger partial charge is 0.256 e. The van der Waals surface area contributed by atoms with Crippen molar-refractivity contribution in [1.29, 1.82) is 5.26 Å². The zero-order chi connectivity index (χ0) is 25.6. The molecule has 9 heteroatoms. The van der Waals surface area contributed by atoms with Gasteiger partial charge in [0.1, 0.15) is 17.9 Å². The van der Waals surface area contributed by atoms with Crippen molar-refractivity contribution in [2.24, 2.45) is 5.92 Å². The average Bonchev–Trinajstić information content (AvgIpc) is 3.56. The maximum absolute atomic E-state index is 13.9. The molecule has 1 saturated carbocycles. The van der Waals surface area contributed by atoms with Gasteiger partial charge in [-0.2, -0.15) is 5.26 Å². The van der Waals surface area contributed by atoms with Gasteiger partial charge in [-0.05, 0) is 41.7 Å². The second-order valence-electron chi connectivity index (χ2n) is 10.00. The van der Waals surface area contributed by atoms with Crippen molar-refractivity contribution < 1.29 is 23.9 Å². The number of anilines is 1. The molecule has 1 saturated heterocycles. The Labute approximate surface area is 208 Å². The SMILES string of the molecule is CN(C(=O)[C@H](O)c1cccc(F)c1)[C@@H](CC1CC1)C(=O)N1C[C@]2(C[C@H]1C#N)C(=O)Nc1ccccc12. The van der Waals surface area contributed by atoms with Crippen molar-refractivity contribution in [3.63, 3.8) is 0 Å². The summed E-state index contributed by atoms with van der Waals surface area (Å²) < 4.78 is 13.7. The Balaban J connectivity index is 1.42. The van der Waals surface area contributed by atoms with Crippen LogP contribution in [0.2, 0.25) is 0 Å². The molecular weight excluding hydrogens is 463 g/mol. The number of likely N-dealkylation sites (N-methyl/N-ethyl adjacent to an activating group) is 1. The highest BCUT2D eigenvalue weighted by Gasteiger charge is 2.57. The summed E-state index contributed by atoms with van der Waals surface area (Å²) in [5.74, 6) is -1.73. The van der Waals surface area contributed by atoms with E-state index in [-0.39, 0.29) is 30.4 Å². The number of benzene rings is 2. The number of rotatable bonds is 6. The largest absolute Gasteiger partial charge is 0.378 e. The van der Waals surface area contributed by atoms with Gasteiger partial charge in [-0.1, -0.05) is 43.2 Å². The Morgan fingerprint density at radius 3 is 2.72 bits per heavy atom. The fraction of sp³-hybridized carbons (Fsp3) is 0.407. The first-order chi connectivity index (χ1) is 17.2. The molecule has 2 aromatic rings. The number of nitrogens with zero attached hydrogens (tertiary/aromatic N) is 3. The van der Waals surface area contributed by atoms with Crippen molar-refractivity contribution in [2.75, 3.05) is 18.9 Å². The highest BCUT2D eigenvalue weighted by atomic mass is 19.1. The summed E-state index contributed by atoms with van der Waals surface area (Å²) in [7, 11) is 1.45. The molecule has 1 spiro atoms. The van der Waals surface area contributed by atoms with Crippen molar-refractivity contribution in [2.45, 2.75) is 49.3 Å². The normalized spacial score (nSPS) is 24.1. The lowest BCUT2D eigenvalue weighted by Gasteiger charge is -2.33. The van der Waals surface area contributed by atoms with E-state index in [0.717, 1.165) is 24.5 Å². The van der Waals surface area contributed by atoms with E-state index in [9.17, 15) is 29.1 Å². The van der Waals surface area contributed by atoms with Crippen molar-refractivity contribution in [1.82, 2.24) is 9.80 Å². The van der Waals surface area contributed by atoms with E-state index in [2.05, 4.69) is 11.4 Å². The zero-order valence-corrected chi connectivity index (χ0v) is 19.9. The first kappa shape index (κ1) is 23.9. The number of para-hydroxylation sites is 1. The average molecular weight is 491 g/mol. The molecule has 1 aliphatic carbocycles. The van der Waals surface area contributed by atoms with Crippen LogP contribution in [0.3, 0.4) is 0 Å². The summed E-state index contributed by atoms with van der Waals surface area (Å²) >= 11 is 0. The van der Waals surface area contributed by atoms with Gasteiger partial charge in [-0.3, -0.25) is 14.4 Å². The number of nitriles is 1. The highest BCUT2D eigenvalue weighted by molar-refractivity contribution is 6.07. The third-order valence-corrected chi connectivity index (χ3v) is 7.67. The minimum absolute atomic E-state index is 0.0303. The summed E-state index contributed by atoms with van der Waals surface area (Å²) in [6.07, 6.45) is 0.780. The molecule has 3 aliphatic rings. The predicted octanol–water partition coefficient (Wildman–Crippen LogP) is 2.50. The minimum atomic E-state index is -1.63. The number of fused-ring (bicyclic) bond motifs is 2. The number of aliphatic hydroxyl groups is 1. The van der Waals surface area contributed by atoms with Crippen LogP contribution < -0.4 is 5.32 Å². The number of carbonyl (C=O) groups is 3. The van der Waals surface area contributed by atoms with Crippen LogP contribution in [-0.2, 0) is 19.8 Å². The van der Waals surface area contributed by atoms with Crippen molar-refractivity contribution in [3.8, 4) is 6.07 Å². The quantitative estimate of drug-likeness (QED) is 0.646. The number of likely N-dealkylation sites (tertiary alicyclic amines) is 1. The minimum Gasteiger partial charge on any atom is -0.378 e. The molecule has 0 unspecified atom stereocenters. The Morgan fingerprint density at radius 1 is 1.28 bits per heavy atom. The van der Waals surface area contributed by atoms with Crippen molar-refractivity contribution >= 4 is 23.4 Å². The molecule has 36 heavy (non-hydrogen) atoms. The van der Waals surface area contributed by atoms with Crippen LogP contribution in [0.15, 0.2) is 48.5 Å². The number of aliphatic hydroxyl groups excluding tert-OH is 1. The van der Waals surface area contributed by atoms with E-state index < -0.39 is 41.2 Å². The summed E-state index contributed by atoms with van der Waals surface area (Å²) in [6.45, 7) is 0.0303. The molecule has 5 rings (SSSR count). The zero-order valence-electron chi connectivity index (χ0n) is 19.9. The second kappa shape index (κ2) is 9.03. The lowest BCUT2D eigenvalue weighted by molar-refractivity contribution is -0.150.